The van der Waals surface area contributed by atoms with Crippen molar-refractivity contribution in [2.45, 2.75) is 57.0 Å². The summed E-state index contributed by atoms with van der Waals surface area (Å²) in [6, 6.07) is 13.0. The summed E-state index contributed by atoms with van der Waals surface area (Å²) in [5.74, 6) is -1.04. The minimum atomic E-state index is -3.64. The Morgan fingerprint density at radius 1 is 0.968 bits per heavy atom. The Kier molecular flexibility index (Phi) is 6.67. The fraction of sp³-hybridized carbons (Fsp3) is 0.417. The molecule has 0 N–H and O–H groups in total. The number of nitrogens with zero attached hydrogens (tertiary/aromatic N) is 1. The van der Waals surface area contributed by atoms with Crippen LogP contribution in [-0.4, -0.2) is 43.7 Å². The molecule has 0 radical (unpaired) electrons. The number of ketones is 1. The zero-order valence-electron chi connectivity index (χ0n) is 18.4. The molecule has 1 saturated heterocycles. The molecule has 2 aromatic rings. The summed E-state index contributed by atoms with van der Waals surface area (Å²) in [5, 5.41) is 0. The Bertz CT molecular complexity index is 1060. The first kappa shape index (κ1) is 23.2. The topological polar surface area (TPSA) is 80.8 Å². The van der Waals surface area contributed by atoms with Crippen molar-refractivity contribution in [3.05, 3.63) is 65.2 Å². The second-order valence-electron chi connectivity index (χ2n) is 8.88. The van der Waals surface area contributed by atoms with Crippen molar-refractivity contribution in [1.82, 2.24) is 4.31 Å². The number of carbonyl (C=O) groups is 2. The van der Waals surface area contributed by atoms with Crippen molar-refractivity contribution in [3.63, 3.8) is 0 Å². The van der Waals surface area contributed by atoms with E-state index in [4.69, 9.17) is 4.74 Å². The van der Waals surface area contributed by atoms with Crippen LogP contribution in [-0.2, 0) is 20.2 Å². The van der Waals surface area contributed by atoms with Gasteiger partial charge in [-0.25, -0.2) is 13.2 Å². The van der Waals surface area contributed by atoms with Crippen molar-refractivity contribution in [3.8, 4) is 0 Å². The molecule has 0 aliphatic carbocycles. The van der Waals surface area contributed by atoms with Crippen molar-refractivity contribution in [2.75, 3.05) is 13.1 Å². The summed E-state index contributed by atoms with van der Waals surface area (Å²) in [5.41, 5.74) is 1.63. The quantitative estimate of drug-likeness (QED) is 0.494. The molecular formula is C24H29NO5S. The van der Waals surface area contributed by atoms with E-state index in [9.17, 15) is 18.0 Å². The predicted molar refractivity (Wildman–Crippen MR) is 119 cm³/mol. The van der Waals surface area contributed by atoms with Gasteiger partial charge < -0.3 is 4.74 Å². The van der Waals surface area contributed by atoms with Gasteiger partial charge in [0.05, 0.1) is 10.5 Å². The van der Waals surface area contributed by atoms with Gasteiger partial charge in [0.2, 0.25) is 15.8 Å². The summed E-state index contributed by atoms with van der Waals surface area (Å²) < 4.78 is 32.3. The van der Waals surface area contributed by atoms with Gasteiger partial charge in [0.1, 0.15) is 0 Å². The van der Waals surface area contributed by atoms with Gasteiger partial charge in [-0.15, -0.1) is 0 Å². The molecule has 0 bridgehead atoms. The molecule has 1 fully saturated rings. The summed E-state index contributed by atoms with van der Waals surface area (Å²) in [7, 11) is -3.64. The van der Waals surface area contributed by atoms with Crippen LogP contribution in [0.2, 0.25) is 0 Å². The lowest BCUT2D eigenvalue weighted by Crippen LogP contribution is -2.28. The first-order chi connectivity index (χ1) is 14.5. The van der Waals surface area contributed by atoms with Gasteiger partial charge in [-0.1, -0.05) is 51.1 Å². The average molecular weight is 444 g/mol. The van der Waals surface area contributed by atoms with E-state index < -0.39 is 22.1 Å². The van der Waals surface area contributed by atoms with Crippen molar-refractivity contribution >= 4 is 21.8 Å². The van der Waals surface area contributed by atoms with Crippen LogP contribution in [0.1, 0.15) is 66.8 Å². The van der Waals surface area contributed by atoms with Crippen LogP contribution >= 0.6 is 0 Å². The molecule has 7 heteroatoms. The fourth-order valence-electron chi connectivity index (χ4n) is 3.51. The predicted octanol–water partition coefficient (Wildman–Crippen LogP) is 4.20. The van der Waals surface area contributed by atoms with Crippen LogP contribution < -0.4 is 0 Å². The van der Waals surface area contributed by atoms with E-state index >= 15 is 0 Å². The smallest absolute Gasteiger partial charge is 0.338 e. The van der Waals surface area contributed by atoms with Crippen LogP contribution in [0.4, 0.5) is 0 Å². The highest BCUT2D eigenvalue weighted by Gasteiger charge is 2.28. The number of hydrogen-bond donors (Lipinski definition) is 0. The third-order valence-electron chi connectivity index (χ3n) is 5.46. The van der Waals surface area contributed by atoms with Crippen LogP contribution in [0, 0.1) is 0 Å². The molecule has 0 unspecified atom stereocenters. The van der Waals surface area contributed by atoms with Crippen LogP contribution in [0.15, 0.2) is 53.4 Å². The standard InChI is InChI=1S/C24H29NO5S/c1-17(22(26)18-10-12-20(13-11-18)24(2,3)4)30-23(27)19-8-7-9-21(16-19)31(28,29)25-14-5-6-15-25/h7-13,16-17H,5-6,14-15H2,1-4H3/t17-/m1/s1. The molecule has 3 rings (SSSR count). The van der Waals surface area contributed by atoms with E-state index in [0.29, 0.717) is 18.7 Å². The highest BCUT2D eigenvalue weighted by atomic mass is 32.2. The van der Waals surface area contributed by atoms with Crippen LogP contribution in [0.5, 0.6) is 0 Å². The Hall–Kier alpha value is -2.51. The van der Waals surface area contributed by atoms with Crippen LogP contribution in [0.25, 0.3) is 0 Å². The van der Waals surface area contributed by atoms with E-state index in [0.717, 1.165) is 18.4 Å². The Balaban J connectivity index is 1.71. The summed E-state index contributed by atoms with van der Waals surface area (Å²) in [4.78, 5) is 25.3. The summed E-state index contributed by atoms with van der Waals surface area (Å²) in [6.07, 6.45) is 0.668. The molecule has 0 spiro atoms. The first-order valence-corrected chi connectivity index (χ1v) is 11.9. The van der Waals surface area contributed by atoms with Gasteiger partial charge in [-0.2, -0.15) is 4.31 Å². The second kappa shape index (κ2) is 8.93. The molecule has 0 amide bonds. The Morgan fingerprint density at radius 2 is 1.58 bits per heavy atom. The maximum absolute atomic E-state index is 12.7. The Morgan fingerprint density at radius 3 is 2.16 bits per heavy atom. The normalized spacial score (nSPS) is 16.1. The van der Waals surface area contributed by atoms with E-state index in [1.165, 1.54) is 35.5 Å². The Labute approximate surface area is 184 Å². The van der Waals surface area contributed by atoms with E-state index in [2.05, 4.69) is 20.8 Å². The van der Waals surface area contributed by atoms with E-state index in [1.54, 1.807) is 12.1 Å². The number of sulfonamides is 1. The largest absolute Gasteiger partial charge is 0.451 e. The number of rotatable bonds is 6. The number of benzene rings is 2. The number of carbonyl (C=O) groups excluding carboxylic acids is 2. The number of esters is 1. The zero-order valence-corrected chi connectivity index (χ0v) is 19.2. The maximum atomic E-state index is 12.7. The monoisotopic (exact) mass is 443 g/mol. The third-order valence-corrected chi connectivity index (χ3v) is 7.36. The lowest BCUT2D eigenvalue weighted by molar-refractivity contribution is 0.0318. The third kappa shape index (κ3) is 5.22. The van der Waals surface area contributed by atoms with Gasteiger partial charge in [0, 0.05) is 18.7 Å². The molecule has 1 aliphatic heterocycles. The molecule has 0 aromatic heterocycles. The lowest BCUT2D eigenvalue weighted by Gasteiger charge is -2.19. The van der Waals surface area contributed by atoms with Gasteiger partial charge in [0.25, 0.3) is 0 Å². The molecule has 1 heterocycles. The molecular weight excluding hydrogens is 414 g/mol. The molecule has 0 saturated carbocycles. The molecule has 31 heavy (non-hydrogen) atoms. The van der Waals surface area contributed by atoms with Crippen molar-refractivity contribution in [1.29, 1.82) is 0 Å². The minimum Gasteiger partial charge on any atom is -0.451 e. The highest BCUT2D eigenvalue weighted by molar-refractivity contribution is 7.89. The second-order valence-corrected chi connectivity index (χ2v) is 10.8. The first-order valence-electron chi connectivity index (χ1n) is 10.5. The number of Topliss-reactive ketones (excluding diaryl/α,β-unsaturated/α-hetero) is 1. The highest BCUT2D eigenvalue weighted by Crippen LogP contribution is 2.24. The van der Waals surface area contributed by atoms with Gasteiger partial charge in [-0.05, 0) is 48.9 Å². The molecule has 1 aliphatic rings. The minimum absolute atomic E-state index is 0.0277. The average Bonchev–Trinajstić information content (AvgIpc) is 3.28. The molecule has 166 valence electrons. The van der Waals surface area contributed by atoms with Crippen molar-refractivity contribution in [2.24, 2.45) is 0 Å². The maximum Gasteiger partial charge on any atom is 0.338 e. The van der Waals surface area contributed by atoms with Gasteiger partial charge in [0.15, 0.2) is 6.10 Å². The van der Waals surface area contributed by atoms with E-state index in [1.807, 2.05) is 12.1 Å². The number of ether oxygens (including phenoxy) is 1. The lowest BCUT2D eigenvalue weighted by atomic mass is 9.86. The van der Waals surface area contributed by atoms with Crippen molar-refractivity contribution < 1.29 is 22.7 Å². The van der Waals surface area contributed by atoms with Crippen LogP contribution in [0.3, 0.4) is 0 Å². The zero-order chi connectivity index (χ0) is 22.8. The number of hydrogen-bond acceptors (Lipinski definition) is 5. The summed E-state index contributed by atoms with van der Waals surface area (Å²) in [6.45, 7) is 8.75. The molecule has 1 atom stereocenters. The van der Waals surface area contributed by atoms with E-state index in [-0.39, 0.29) is 21.7 Å². The molecule has 6 nitrogen and oxygen atoms in total. The van der Waals surface area contributed by atoms with Gasteiger partial charge in [-0.3, -0.25) is 4.79 Å². The summed E-state index contributed by atoms with van der Waals surface area (Å²) >= 11 is 0. The SMILES string of the molecule is C[C@@H](OC(=O)c1cccc(S(=O)(=O)N2CCCC2)c1)C(=O)c1ccc(C(C)(C)C)cc1. The van der Waals surface area contributed by atoms with Gasteiger partial charge >= 0.3 is 5.97 Å². The molecule has 2 aromatic carbocycles. The fourth-order valence-corrected chi connectivity index (χ4v) is 5.08.